The molecule has 0 aromatic heterocycles. The van der Waals surface area contributed by atoms with Crippen LogP contribution in [0.1, 0.15) is 393 Å². The fourth-order valence-corrected chi connectivity index (χ4v) is 12.4. The first-order chi connectivity index (χ1) is 40.5. The van der Waals surface area contributed by atoms with Gasteiger partial charge < -0.3 is 28.8 Å². The summed E-state index contributed by atoms with van der Waals surface area (Å²) in [5.74, 6) is -0.155. The molecule has 2 N–H and O–H groups in total. The van der Waals surface area contributed by atoms with Crippen LogP contribution in [0.15, 0.2) is 24.3 Å². The minimum absolute atomic E-state index is 0.0157. The Morgan fingerprint density at radius 2 is 0.699 bits per heavy atom. The van der Waals surface area contributed by atoms with Gasteiger partial charge in [-0.25, -0.2) is 0 Å². The van der Waals surface area contributed by atoms with Gasteiger partial charge in [-0.05, 0) is 44.9 Å². The molecule has 0 aliphatic heterocycles. The summed E-state index contributed by atoms with van der Waals surface area (Å²) >= 11 is 0. The Balaban J connectivity index is 3.89. The first-order valence-corrected chi connectivity index (χ1v) is 38.6. The summed E-state index contributed by atoms with van der Waals surface area (Å²) in [6.07, 6.45) is 85.7. The van der Waals surface area contributed by atoms with Gasteiger partial charge in [-0.2, -0.15) is 0 Å². The van der Waals surface area contributed by atoms with E-state index in [1.54, 1.807) is 0 Å². The van der Waals surface area contributed by atoms with Crippen molar-refractivity contribution in [3.05, 3.63) is 24.3 Å². The van der Waals surface area contributed by atoms with Gasteiger partial charge in [-0.15, -0.1) is 0 Å². The van der Waals surface area contributed by atoms with Gasteiger partial charge in [-0.1, -0.05) is 366 Å². The molecule has 0 fully saturated rings. The fourth-order valence-electron chi connectivity index (χ4n) is 11.7. The average Bonchev–Trinajstić information content (AvgIpc) is 3.50. The normalized spacial score (nSPS) is 13.7. The first-order valence-electron chi connectivity index (χ1n) is 37.2. The number of hydrogen-bond donors (Lipinski definition) is 2. The highest BCUT2D eigenvalue weighted by molar-refractivity contribution is 7.45. The van der Waals surface area contributed by atoms with Crippen molar-refractivity contribution in [2.24, 2.45) is 0 Å². The molecule has 9 heteroatoms. The highest BCUT2D eigenvalue weighted by atomic mass is 31.2. The van der Waals surface area contributed by atoms with Crippen LogP contribution in [0, 0.1) is 0 Å². The predicted molar refractivity (Wildman–Crippen MR) is 362 cm³/mol. The summed E-state index contributed by atoms with van der Waals surface area (Å²) in [5, 5.41) is 14.1. The Bertz CT molecular complexity index is 1400. The van der Waals surface area contributed by atoms with E-state index < -0.39 is 20.0 Å². The van der Waals surface area contributed by atoms with E-state index in [1.807, 2.05) is 21.1 Å². The maximum atomic E-state index is 13.1. The lowest BCUT2D eigenvalue weighted by Gasteiger charge is -2.30. The molecule has 83 heavy (non-hydrogen) atoms. The number of nitrogens with one attached hydrogen (secondary N) is 1. The topological polar surface area (TPSA) is 108 Å². The van der Waals surface area contributed by atoms with Crippen molar-refractivity contribution in [3.63, 3.8) is 0 Å². The van der Waals surface area contributed by atoms with Crippen molar-refractivity contribution < 1.29 is 32.9 Å². The van der Waals surface area contributed by atoms with Gasteiger partial charge in [0, 0.05) is 6.42 Å². The SMILES string of the molecule is CCCCCCC/C=C\C/C=C\CCCCCCCCCCCCCCCCCCCCCCCCCCCCCC(=O)NC(COP(=O)([O-])OCC[N+](C)(C)C)C(O)CCCCCCCCCCCCCCCCCCCCCCCC. The van der Waals surface area contributed by atoms with Crippen LogP contribution in [-0.4, -0.2) is 68.5 Å². The molecule has 0 radical (unpaired) electrons. The van der Waals surface area contributed by atoms with Gasteiger partial charge in [0.2, 0.25) is 5.91 Å². The fraction of sp³-hybridized carbons (Fsp3) is 0.932. The molecule has 0 rings (SSSR count). The number of aliphatic hydroxyl groups is 1. The van der Waals surface area contributed by atoms with Crippen LogP contribution >= 0.6 is 7.82 Å². The van der Waals surface area contributed by atoms with Crippen molar-refractivity contribution in [1.82, 2.24) is 5.32 Å². The lowest BCUT2D eigenvalue weighted by atomic mass is 10.0. The van der Waals surface area contributed by atoms with Crippen molar-refractivity contribution >= 4 is 13.7 Å². The van der Waals surface area contributed by atoms with Crippen LogP contribution in [-0.2, 0) is 18.4 Å². The number of nitrogens with zero attached hydrogens (tertiary/aromatic N) is 1. The second-order valence-corrected chi connectivity index (χ2v) is 28.4. The largest absolute Gasteiger partial charge is 0.756 e. The Morgan fingerprint density at radius 3 is 1.00 bits per heavy atom. The van der Waals surface area contributed by atoms with Crippen LogP contribution in [0.2, 0.25) is 0 Å². The maximum absolute atomic E-state index is 13.1. The van der Waals surface area contributed by atoms with E-state index in [0.29, 0.717) is 23.9 Å². The lowest BCUT2D eigenvalue weighted by molar-refractivity contribution is -0.870. The summed E-state index contributed by atoms with van der Waals surface area (Å²) in [5.41, 5.74) is 0. The molecule has 3 atom stereocenters. The van der Waals surface area contributed by atoms with Crippen molar-refractivity contribution in [2.75, 3.05) is 40.9 Å². The third-order valence-corrected chi connectivity index (χ3v) is 18.4. The number of unbranched alkanes of at least 4 members (excludes halogenated alkanes) is 53. The number of amides is 1. The monoisotopic (exact) mass is 1190 g/mol. The van der Waals surface area contributed by atoms with Gasteiger partial charge in [-0.3, -0.25) is 9.36 Å². The van der Waals surface area contributed by atoms with Crippen LogP contribution in [0.25, 0.3) is 0 Å². The number of aliphatic hydroxyl groups excluding tert-OH is 1. The van der Waals surface area contributed by atoms with Crippen LogP contribution in [0.5, 0.6) is 0 Å². The molecule has 8 nitrogen and oxygen atoms in total. The zero-order valence-electron chi connectivity index (χ0n) is 56.7. The van der Waals surface area contributed by atoms with E-state index in [1.165, 1.54) is 321 Å². The van der Waals surface area contributed by atoms with Gasteiger partial charge in [0.15, 0.2) is 0 Å². The van der Waals surface area contributed by atoms with E-state index in [0.717, 1.165) is 44.9 Å². The van der Waals surface area contributed by atoms with E-state index in [-0.39, 0.29) is 19.1 Å². The van der Waals surface area contributed by atoms with Crippen molar-refractivity contribution in [1.29, 1.82) is 0 Å². The Hall–Kier alpha value is -1.02. The molecule has 0 spiro atoms. The van der Waals surface area contributed by atoms with Gasteiger partial charge in [0.05, 0.1) is 39.9 Å². The molecule has 0 aliphatic rings. The van der Waals surface area contributed by atoms with Gasteiger partial charge in [0.25, 0.3) is 7.82 Å². The third kappa shape index (κ3) is 68.3. The minimum atomic E-state index is -4.58. The molecule has 1 amide bonds. The van der Waals surface area contributed by atoms with Crippen molar-refractivity contribution in [2.45, 2.75) is 405 Å². The number of carbonyl (C=O) groups excluding carboxylic acids is 1. The van der Waals surface area contributed by atoms with Crippen LogP contribution in [0.3, 0.4) is 0 Å². The molecule has 0 aromatic rings. The molecule has 0 aliphatic carbocycles. The zero-order valence-corrected chi connectivity index (χ0v) is 57.6. The predicted octanol–water partition coefficient (Wildman–Crippen LogP) is 23.2. The number of phosphoric acid groups is 1. The van der Waals surface area contributed by atoms with E-state index >= 15 is 0 Å². The number of likely N-dealkylation sites (N-methyl/N-ethyl adjacent to an activating group) is 1. The van der Waals surface area contributed by atoms with E-state index in [2.05, 4.69) is 43.5 Å². The molecule has 0 aromatic carbocycles. The second-order valence-electron chi connectivity index (χ2n) is 27.0. The maximum Gasteiger partial charge on any atom is 0.268 e. The third-order valence-electron chi connectivity index (χ3n) is 17.4. The summed E-state index contributed by atoms with van der Waals surface area (Å²) in [6.45, 7) is 4.78. The number of rotatable bonds is 70. The summed E-state index contributed by atoms with van der Waals surface area (Å²) in [4.78, 5) is 25.7. The number of allylic oxidation sites excluding steroid dienone is 4. The summed E-state index contributed by atoms with van der Waals surface area (Å²) in [7, 11) is 1.33. The van der Waals surface area contributed by atoms with Crippen molar-refractivity contribution in [3.8, 4) is 0 Å². The number of carbonyl (C=O) groups is 1. The zero-order chi connectivity index (χ0) is 60.5. The van der Waals surface area contributed by atoms with Crippen LogP contribution < -0.4 is 10.2 Å². The number of phosphoric ester groups is 1. The molecular weight excluding hydrogens is 1040 g/mol. The molecule has 0 saturated heterocycles. The number of quaternary nitrogens is 1. The molecule has 0 saturated carbocycles. The summed E-state index contributed by atoms with van der Waals surface area (Å²) < 4.78 is 23.5. The molecule has 0 heterocycles. The second kappa shape index (κ2) is 65.4. The molecule has 3 unspecified atom stereocenters. The highest BCUT2D eigenvalue weighted by Gasteiger charge is 2.24. The molecule has 494 valence electrons. The molecule has 0 bridgehead atoms. The lowest BCUT2D eigenvalue weighted by Crippen LogP contribution is -2.46. The van der Waals surface area contributed by atoms with Crippen LogP contribution in [0.4, 0.5) is 0 Å². The van der Waals surface area contributed by atoms with E-state index in [4.69, 9.17) is 9.05 Å². The Morgan fingerprint density at radius 1 is 0.422 bits per heavy atom. The highest BCUT2D eigenvalue weighted by Crippen LogP contribution is 2.38. The smallest absolute Gasteiger partial charge is 0.268 e. The average molecular weight is 1190 g/mol. The van der Waals surface area contributed by atoms with Gasteiger partial charge in [0.1, 0.15) is 13.2 Å². The Kier molecular flexibility index (Phi) is 64.6. The standard InChI is InChI=1S/C74H147N2O6P/c1-6-8-10-12-14-16-18-20-22-24-26-28-30-31-32-33-34-35-36-37-38-39-40-41-42-43-44-45-46-48-50-52-54-56-58-60-62-64-66-68-74(78)75-72(71-82-83(79,80)81-70-69-76(3,4)5)73(77)67-65-63-61-59-57-55-53-51-49-47-29-27-25-23-21-19-17-15-13-11-9-7-2/h18,20,24,26,72-73,77H,6-17,19,21-23,25,27-71H2,1-5H3,(H-,75,78,79,80)/b20-18-,26-24-. The minimum Gasteiger partial charge on any atom is -0.756 e. The molecular formula is C74H147N2O6P. The van der Waals surface area contributed by atoms with Gasteiger partial charge >= 0.3 is 0 Å². The quantitative estimate of drug-likeness (QED) is 0.0272. The Labute approximate surface area is 519 Å². The first kappa shape index (κ1) is 82.0. The van der Waals surface area contributed by atoms with E-state index in [9.17, 15) is 19.4 Å². The summed E-state index contributed by atoms with van der Waals surface area (Å²) in [6, 6.07) is -0.799. The number of hydrogen-bond acceptors (Lipinski definition) is 6.